The molecule has 0 N–H and O–H groups in total. The van der Waals surface area contributed by atoms with Gasteiger partial charge in [0.15, 0.2) is 0 Å². The van der Waals surface area contributed by atoms with Crippen molar-refractivity contribution in [2.24, 2.45) is 0 Å². The summed E-state index contributed by atoms with van der Waals surface area (Å²) >= 11 is 0. The monoisotopic (exact) mass is 731 g/mol. The van der Waals surface area contributed by atoms with Gasteiger partial charge in [0.1, 0.15) is 0 Å². The molecule has 0 unspecified atom stereocenters. The van der Waals surface area contributed by atoms with E-state index in [1.807, 2.05) is 0 Å². The van der Waals surface area contributed by atoms with Gasteiger partial charge in [-0.05, 0) is 172 Å². The third kappa shape index (κ3) is 6.52. The van der Waals surface area contributed by atoms with Gasteiger partial charge in [-0.25, -0.2) is 0 Å². The van der Waals surface area contributed by atoms with Crippen molar-refractivity contribution in [3.8, 4) is 33.4 Å². The van der Waals surface area contributed by atoms with Gasteiger partial charge in [-0.15, -0.1) is 0 Å². The standard InChI is InChI=1S/C55H57N/c1-55(2)53-20-12-11-19-50(53)51-34-33-48(37-54(51)55)56(46-29-25-41(26-30-46)39-15-7-4-8-16-39)47-31-27-43(28-32-47)52-36-45(35-44-17-9-10-18-49(44)52)42-23-21-40(22-24-42)38-13-5-3-6-14-38/h11-12,19-39H,3-10,13-18H2,1-2H3. The summed E-state index contributed by atoms with van der Waals surface area (Å²) in [6.45, 7) is 4.78. The minimum absolute atomic E-state index is 0.0530. The molecule has 56 heavy (non-hydrogen) atoms. The minimum atomic E-state index is -0.0530. The fourth-order valence-electron chi connectivity index (χ4n) is 11.1. The van der Waals surface area contributed by atoms with Gasteiger partial charge < -0.3 is 4.90 Å². The summed E-state index contributed by atoms with van der Waals surface area (Å²) in [5, 5.41) is 0. The smallest absolute Gasteiger partial charge is 0.0465 e. The largest absolute Gasteiger partial charge is 0.310 e. The van der Waals surface area contributed by atoms with Crippen molar-refractivity contribution in [3.05, 3.63) is 161 Å². The summed E-state index contributed by atoms with van der Waals surface area (Å²) in [7, 11) is 0. The van der Waals surface area contributed by atoms with E-state index in [1.54, 1.807) is 11.1 Å². The molecule has 0 aromatic heterocycles. The molecule has 0 saturated heterocycles. The molecule has 1 heteroatoms. The van der Waals surface area contributed by atoms with Gasteiger partial charge >= 0.3 is 0 Å². The van der Waals surface area contributed by atoms with Crippen molar-refractivity contribution in [1.82, 2.24) is 0 Å². The molecule has 0 atom stereocenters. The van der Waals surface area contributed by atoms with Gasteiger partial charge in [-0.1, -0.05) is 137 Å². The number of rotatable bonds is 7. The van der Waals surface area contributed by atoms with E-state index >= 15 is 0 Å². The Kier molecular flexibility index (Phi) is 9.45. The van der Waals surface area contributed by atoms with E-state index in [0.717, 1.165) is 5.92 Å². The second-order valence-corrected chi connectivity index (χ2v) is 18.0. The predicted molar refractivity (Wildman–Crippen MR) is 238 cm³/mol. The first kappa shape index (κ1) is 35.5. The fourth-order valence-corrected chi connectivity index (χ4v) is 11.1. The maximum atomic E-state index is 2.51. The average molecular weight is 732 g/mol. The van der Waals surface area contributed by atoms with Crippen molar-refractivity contribution in [2.45, 2.75) is 121 Å². The number of hydrogen-bond acceptors (Lipinski definition) is 1. The van der Waals surface area contributed by atoms with Crippen LogP contribution >= 0.6 is 0 Å². The summed E-state index contributed by atoms with van der Waals surface area (Å²) in [5.41, 5.74) is 20.8. The van der Waals surface area contributed by atoms with E-state index < -0.39 is 0 Å². The molecule has 0 radical (unpaired) electrons. The lowest BCUT2D eigenvalue weighted by Crippen LogP contribution is -2.16. The fraction of sp³-hybridized carbons (Fsp3) is 0.345. The molecule has 0 bridgehead atoms. The molecule has 282 valence electrons. The average Bonchev–Trinajstić information content (AvgIpc) is 3.50. The van der Waals surface area contributed by atoms with Crippen LogP contribution in [0.25, 0.3) is 33.4 Å². The molecule has 10 rings (SSSR count). The van der Waals surface area contributed by atoms with Crippen LogP contribution in [0.4, 0.5) is 17.1 Å². The van der Waals surface area contributed by atoms with Crippen molar-refractivity contribution in [3.63, 3.8) is 0 Å². The highest BCUT2D eigenvalue weighted by molar-refractivity contribution is 5.86. The third-order valence-electron chi connectivity index (χ3n) is 14.3. The van der Waals surface area contributed by atoms with Crippen LogP contribution in [-0.2, 0) is 18.3 Å². The zero-order valence-corrected chi connectivity index (χ0v) is 33.6. The molecule has 4 aliphatic carbocycles. The van der Waals surface area contributed by atoms with Crippen LogP contribution in [0, 0.1) is 0 Å². The van der Waals surface area contributed by atoms with E-state index in [2.05, 4.69) is 146 Å². The number of fused-ring (bicyclic) bond motifs is 4. The van der Waals surface area contributed by atoms with Crippen molar-refractivity contribution < 1.29 is 0 Å². The number of aryl methyl sites for hydroxylation is 1. The van der Waals surface area contributed by atoms with Gasteiger partial charge in [0.2, 0.25) is 0 Å². The molecule has 1 nitrogen and oxygen atoms in total. The van der Waals surface area contributed by atoms with E-state index in [1.165, 1.54) is 163 Å². The number of benzene rings is 6. The van der Waals surface area contributed by atoms with Gasteiger partial charge in [0.05, 0.1) is 0 Å². The molecular formula is C55H57N. The Morgan fingerprint density at radius 1 is 0.429 bits per heavy atom. The van der Waals surface area contributed by atoms with Gasteiger partial charge in [0.25, 0.3) is 0 Å². The van der Waals surface area contributed by atoms with Crippen LogP contribution in [0.15, 0.2) is 127 Å². The molecule has 0 amide bonds. The summed E-state index contributed by atoms with van der Waals surface area (Å²) in [6.07, 6.45) is 18.5. The van der Waals surface area contributed by atoms with Crippen LogP contribution in [-0.4, -0.2) is 0 Å². The van der Waals surface area contributed by atoms with E-state index in [9.17, 15) is 0 Å². The molecule has 0 spiro atoms. The topological polar surface area (TPSA) is 3.24 Å². The Morgan fingerprint density at radius 2 is 0.982 bits per heavy atom. The van der Waals surface area contributed by atoms with Crippen LogP contribution in [0.5, 0.6) is 0 Å². The number of hydrogen-bond donors (Lipinski definition) is 0. The van der Waals surface area contributed by atoms with Gasteiger partial charge in [0, 0.05) is 22.5 Å². The predicted octanol–water partition coefficient (Wildman–Crippen LogP) is 15.8. The highest BCUT2D eigenvalue weighted by Crippen LogP contribution is 2.51. The maximum absolute atomic E-state index is 2.51. The summed E-state index contributed by atoms with van der Waals surface area (Å²) in [6, 6.07) is 49.9. The maximum Gasteiger partial charge on any atom is 0.0465 e. The molecular weight excluding hydrogens is 675 g/mol. The Morgan fingerprint density at radius 3 is 1.66 bits per heavy atom. The van der Waals surface area contributed by atoms with Gasteiger partial charge in [-0.3, -0.25) is 0 Å². The molecule has 6 aromatic rings. The second kappa shape index (κ2) is 14.9. The first-order valence-corrected chi connectivity index (χ1v) is 22.0. The molecule has 0 heterocycles. The molecule has 6 aromatic carbocycles. The summed E-state index contributed by atoms with van der Waals surface area (Å²) in [4.78, 5) is 2.49. The molecule has 2 saturated carbocycles. The van der Waals surface area contributed by atoms with Crippen LogP contribution in [0.2, 0.25) is 0 Å². The second-order valence-electron chi connectivity index (χ2n) is 18.0. The lowest BCUT2D eigenvalue weighted by molar-refractivity contribution is 0.443. The Labute approximate surface area is 335 Å². The third-order valence-corrected chi connectivity index (χ3v) is 14.3. The highest BCUT2D eigenvalue weighted by Gasteiger charge is 2.36. The van der Waals surface area contributed by atoms with Gasteiger partial charge in [-0.2, -0.15) is 0 Å². The number of nitrogens with zero attached hydrogens (tertiary/aromatic N) is 1. The van der Waals surface area contributed by atoms with E-state index in [4.69, 9.17) is 0 Å². The molecule has 4 aliphatic rings. The quantitative estimate of drug-likeness (QED) is 0.158. The number of anilines is 3. The zero-order chi connectivity index (χ0) is 37.6. The normalized spacial score (nSPS) is 17.9. The Hall–Kier alpha value is -4.88. The van der Waals surface area contributed by atoms with Crippen molar-refractivity contribution >= 4 is 17.1 Å². The zero-order valence-electron chi connectivity index (χ0n) is 33.6. The van der Waals surface area contributed by atoms with Crippen LogP contribution in [0.3, 0.4) is 0 Å². The van der Waals surface area contributed by atoms with Crippen LogP contribution < -0.4 is 4.90 Å². The SMILES string of the molecule is CC1(C)c2ccccc2-c2ccc(N(c3ccc(-c4cc(-c5ccc(C6CCCCC6)cc5)cc5c4CCCC5)cc3)c3ccc(C4CCCCC4)cc3)cc21. The van der Waals surface area contributed by atoms with Crippen LogP contribution in [0.1, 0.15) is 136 Å². The van der Waals surface area contributed by atoms with Crippen molar-refractivity contribution in [2.75, 3.05) is 4.90 Å². The Bertz CT molecular complexity index is 2330. The van der Waals surface area contributed by atoms with E-state index in [0.29, 0.717) is 5.92 Å². The van der Waals surface area contributed by atoms with Crippen molar-refractivity contribution in [1.29, 1.82) is 0 Å². The minimum Gasteiger partial charge on any atom is -0.310 e. The first-order valence-electron chi connectivity index (χ1n) is 22.0. The lowest BCUT2D eigenvalue weighted by Gasteiger charge is -2.29. The molecule has 0 aliphatic heterocycles. The highest BCUT2D eigenvalue weighted by atomic mass is 15.1. The Balaban J connectivity index is 1.02. The first-order chi connectivity index (χ1) is 27.5. The lowest BCUT2D eigenvalue weighted by atomic mass is 9.82. The summed E-state index contributed by atoms with van der Waals surface area (Å²) < 4.78 is 0. The summed E-state index contributed by atoms with van der Waals surface area (Å²) in [5.74, 6) is 1.44. The van der Waals surface area contributed by atoms with E-state index in [-0.39, 0.29) is 5.41 Å². The molecule has 2 fully saturated rings.